The molecule has 1 heterocycles. The zero-order valence-electron chi connectivity index (χ0n) is 15.0. The summed E-state index contributed by atoms with van der Waals surface area (Å²) >= 11 is 3.57. The summed E-state index contributed by atoms with van der Waals surface area (Å²) in [7, 11) is 0. The average molecular weight is 413 g/mol. The third-order valence-corrected chi connectivity index (χ3v) is 6.34. The van der Waals surface area contributed by atoms with Crippen molar-refractivity contribution in [2.75, 3.05) is 0 Å². The van der Waals surface area contributed by atoms with E-state index >= 15 is 0 Å². The Balaban J connectivity index is 1.69. The van der Waals surface area contributed by atoms with Gasteiger partial charge in [-0.3, -0.25) is 0 Å². The van der Waals surface area contributed by atoms with Crippen LogP contribution in [0.2, 0.25) is 0 Å². The number of carbonyl (C=O) groups excluding carboxylic acids is 1. The summed E-state index contributed by atoms with van der Waals surface area (Å²) in [6, 6.07) is 10.2. The van der Waals surface area contributed by atoms with Crippen LogP contribution in [0.1, 0.15) is 40.3 Å². The van der Waals surface area contributed by atoms with Gasteiger partial charge in [0, 0.05) is 27.1 Å². The third kappa shape index (κ3) is 2.77. The van der Waals surface area contributed by atoms with Crippen molar-refractivity contribution >= 4 is 21.9 Å². The van der Waals surface area contributed by atoms with Gasteiger partial charge in [0.05, 0.1) is 0 Å². The Morgan fingerprint density at radius 3 is 2.85 bits per heavy atom. The molecule has 0 aromatic heterocycles. The predicted octanol–water partition coefficient (Wildman–Crippen LogP) is 5.36. The van der Waals surface area contributed by atoms with Crippen LogP contribution in [0.3, 0.4) is 0 Å². The van der Waals surface area contributed by atoms with Crippen molar-refractivity contribution in [3.05, 3.63) is 74.8 Å². The molecule has 0 spiro atoms. The van der Waals surface area contributed by atoms with Gasteiger partial charge in [-0.25, -0.2) is 4.79 Å². The van der Waals surface area contributed by atoms with E-state index < -0.39 is 0 Å². The van der Waals surface area contributed by atoms with Crippen molar-refractivity contribution < 1.29 is 14.3 Å². The Morgan fingerprint density at radius 1 is 1.31 bits per heavy atom. The van der Waals surface area contributed by atoms with Gasteiger partial charge < -0.3 is 9.47 Å². The lowest BCUT2D eigenvalue weighted by Gasteiger charge is -2.30. The molecule has 1 fully saturated rings. The summed E-state index contributed by atoms with van der Waals surface area (Å²) in [6.07, 6.45) is 1.65. The Hall–Kier alpha value is -2.07. The SMILES string of the molecule is C=C1C(=O)O[C@H]2c3c(C)c(OCc4ccccc4Br)cc(C)c3CC[C@@H]12. The summed E-state index contributed by atoms with van der Waals surface area (Å²) < 4.78 is 12.9. The molecule has 0 bridgehead atoms. The van der Waals surface area contributed by atoms with Crippen LogP contribution in [0.25, 0.3) is 0 Å². The smallest absolute Gasteiger partial charge is 0.334 e. The molecule has 4 rings (SSSR count). The Kier molecular flexibility index (Phi) is 4.39. The van der Waals surface area contributed by atoms with Gasteiger partial charge in [-0.05, 0) is 55.5 Å². The number of rotatable bonds is 3. The van der Waals surface area contributed by atoms with E-state index in [2.05, 4.69) is 42.4 Å². The fourth-order valence-electron chi connectivity index (χ4n) is 4.09. The van der Waals surface area contributed by atoms with Gasteiger partial charge in [-0.15, -0.1) is 0 Å². The van der Waals surface area contributed by atoms with E-state index in [-0.39, 0.29) is 18.0 Å². The van der Waals surface area contributed by atoms with Crippen molar-refractivity contribution in [1.82, 2.24) is 0 Å². The number of hydrogen-bond acceptors (Lipinski definition) is 3. The maximum absolute atomic E-state index is 12.0. The van der Waals surface area contributed by atoms with Crippen molar-refractivity contribution in [3.8, 4) is 5.75 Å². The maximum Gasteiger partial charge on any atom is 0.334 e. The molecule has 2 aromatic rings. The summed E-state index contributed by atoms with van der Waals surface area (Å²) in [5, 5.41) is 0. The van der Waals surface area contributed by atoms with E-state index in [1.54, 1.807) is 0 Å². The quantitative estimate of drug-likeness (QED) is 0.502. The molecule has 2 aromatic carbocycles. The van der Waals surface area contributed by atoms with Crippen LogP contribution in [-0.4, -0.2) is 5.97 Å². The molecule has 2 aliphatic rings. The van der Waals surface area contributed by atoms with Gasteiger partial charge in [0.15, 0.2) is 0 Å². The standard InChI is InChI=1S/C22H21BrO3/c1-12-10-19(25-11-15-6-4-5-7-18(15)23)14(3)20-16(12)8-9-17-13(2)22(24)26-21(17)20/h4-7,10,17,21H,2,8-9,11H2,1,3H3/t17-,21+/m0/s1. The summed E-state index contributed by atoms with van der Waals surface area (Å²) in [5.74, 6) is 0.683. The van der Waals surface area contributed by atoms with Crippen molar-refractivity contribution in [3.63, 3.8) is 0 Å². The first kappa shape index (κ1) is 17.3. The number of carbonyl (C=O) groups is 1. The van der Waals surface area contributed by atoms with E-state index in [1.165, 1.54) is 11.1 Å². The molecular weight excluding hydrogens is 392 g/mol. The average Bonchev–Trinajstić information content (AvgIpc) is 2.92. The highest BCUT2D eigenvalue weighted by atomic mass is 79.9. The van der Waals surface area contributed by atoms with Gasteiger partial charge in [0.1, 0.15) is 18.5 Å². The van der Waals surface area contributed by atoms with Crippen LogP contribution >= 0.6 is 15.9 Å². The van der Waals surface area contributed by atoms with E-state index in [0.29, 0.717) is 12.2 Å². The molecule has 3 nitrogen and oxygen atoms in total. The van der Waals surface area contributed by atoms with Crippen LogP contribution in [0, 0.1) is 19.8 Å². The molecule has 4 heteroatoms. The largest absolute Gasteiger partial charge is 0.489 e. The number of benzene rings is 2. The molecule has 0 unspecified atom stereocenters. The normalized spacial score (nSPS) is 21.2. The molecule has 0 amide bonds. The number of hydrogen-bond donors (Lipinski definition) is 0. The van der Waals surface area contributed by atoms with E-state index in [4.69, 9.17) is 9.47 Å². The lowest BCUT2D eigenvalue weighted by Crippen LogP contribution is -2.20. The van der Waals surface area contributed by atoms with Crippen LogP contribution in [0.5, 0.6) is 5.75 Å². The second-order valence-electron chi connectivity index (χ2n) is 7.09. The highest BCUT2D eigenvalue weighted by Gasteiger charge is 2.44. The Labute approximate surface area is 162 Å². The van der Waals surface area contributed by atoms with Crippen molar-refractivity contribution in [2.24, 2.45) is 5.92 Å². The number of esters is 1. The predicted molar refractivity (Wildman–Crippen MR) is 104 cm³/mol. The summed E-state index contributed by atoms with van der Waals surface area (Å²) in [6.45, 7) is 8.60. The Bertz CT molecular complexity index is 916. The van der Waals surface area contributed by atoms with Crippen LogP contribution < -0.4 is 4.74 Å². The monoisotopic (exact) mass is 412 g/mol. The first-order chi connectivity index (χ1) is 12.5. The summed E-state index contributed by atoms with van der Waals surface area (Å²) in [4.78, 5) is 12.0. The molecule has 1 aliphatic heterocycles. The molecule has 134 valence electrons. The summed E-state index contributed by atoms with van der Waals surface area (Å²) in [5.41, 5.74) is 6.38. The van der Waals surface area contributed by atoms with E-state index in [0.717, 1.165) is 39.8 Å². The lowest BCUT2D eigenvalue weighted by atomic mass is 9.76. The number of ether oxygens (including phenoxy) is 2. The van der Waals surface area contributed by atoms with Crippen molar-refractivity contribution in [1.29, 1.82) is 0 Å². The molecular formula is C22H21BrO3. The number of halogens is 1. The number of fused-ring (bicyclic) bond motifs is 3. The van der Waals surface area contributed by atoms with Gasteiger partial charge in [0.2, 0.25) is 0 Å². The fourth-order valence-corrected chi connectivity index (χ4v) is 4.49. The zero-order valence-corrected chi connectivity index (χ0v) is 16.6. The lowest BCUT2D eigenvalue weighted by molar-refractivity contribution is -0.139. The second-order valence-corrected chi connectivity index (χ2v) is 7.94. The maximum atomic E-state index is 12.0. The molecule has 2 atom stereocenters. The molecule has 0 saturated carbocycles. The van der Waals surface area contributed by atoms with Gasteiger partial charge in [-0.2, -0.15) is 0 Å². The van der Waals surface area contributed by atoms with Crippen LogP contribution in [-0.2, 0) is 22.6 Å². The van der Waals surface area contributed by atoms with E-state index in [1.807, 2.05) is 24.3 Å². The molecule has 1 aliphatic carbocycles. The second kappa shape index (κ2) is 6.58. The van der Waals surface area contributed by atoms with Gasteiger partial charge in [0.25, 0.3) is 0 Å². The van der Waals surface area contributed by atoms with Crippen molar-refractivity contribution in [2.45, 2.75) is 39.4 Å². The van der Waals surface area contributed by atoms with Gasteiger partial charge >= 0.3 is 5.97 Å². The topological polar surface area (TPSA) is 35.5 Å². The first-order valence-corrected chi connectivity index (χ1v) is 9.65. The molecule has 0 radical (unpaired) electrons. The van der Waals surface area contributed by atoms with E-state index in [9.17, 15) is 4.79 Å². The molecule has 26 heavy (non-hydrogen) atoms. The van der Waals surface area contributed by atoms with Gasteiger partial charge in [-0.1, -0.05) is 40.7 Å². The third-order valence-electron chi connectivity index (χ3n) is 5.56. The molecule has 0 N–H and O–H groups in total. The Morgan fingerprint density at radius 2 is 2.08 bits per heavy atom. The minimum atomic E-state index is -0.260. The highest BCUT2D eigenvalue weighted by Crippen LogP contribution is 2.49. The first-order valence-electron chi connectivity index (χ1n) is 8.86. The van der Waals surface area contributed by atoms with Crippen LogP contribution in [0.4, 0.5) is 0 Å². The highest BCUT2D eigenvalue weighted by molar-refractivity contribution is 9.10. The fraction of sp³-hybridized carbons (Fsp3) is 0.318. The molecule has 1 saturated heterocycles. The number of aryl methyl sites for hydroxylation is 1. The minimum absolute atomic E-state index is 0.0895. The minimum Gasteiger partial charge on any atom is -0.489 e. The zero-order chi connectivity index (χ0) is 18.4. The van der Waals surface area contributed by atoms with Crippen LogP contribution in [0.15, 0.2) is 47.0 Å².